The van der Waals surface area contributed by atoms with Crippen LogP contribution in [0.15, 0.2) is 30.5 Å². The lowest BCUT2D eigenvalue weighted by atomic mass is 10.1. The third-order valence-electron chi connectivity index (χ3n) is 5.35. The zero-order chi connectivity index (χ0) is 19.1. The number of hydrogen-bond acceptors (Lipinski definition) is 6. The van der Waals surface area contributed by atoms with E-state index in [0.717, 1.165) is 56.2 Å². The van der Waals surface area contributed by atoms with Gasteiger partial charge < -0.3 is 19.7 Å². The Bertz CT molecular complexity index is 1020. The summed E-state index contributed by atoms with van der Waals surface area (Å²) in [5.74, 6) is 2.53. The molecule has 0 atom stereocenters. The summed E-state index contributed by atoms with van der Waals surface area (Å²) in [6.45, 7) is 3.52. The lowest BCUT2D eigenvalue weighted by molar-refractivity contribution is 0.160. The summed E-state index contributed by atoms with van der Waals surface area (Å²) in [4.78, 5) is 7.16. The molecule has 146 valence electrons. The maximum Gasteiger partial charge on any atom is 0.162 e. The Morgan fingerprint density at radius 2 is 2.00 bits per heavy atom. The van der Waals surface area contributed by atoms with Gasteiger partial charge in [-0.15, -0.1) is 0 Å². The number of halogens is 1. The van der Waals surface area contributed by atoms with Gasteiger partial charge in [0.25, 0.3) is 0 Å². The smallest absolute Gasteiger partial charge is 0.162 e. The molecule has 0 radical (unpaired) electrons. The fourth-order valence-electron chi connectivity index (χ4n) is 3.94. The normalized spacial score (nSPS) is 17.1. The average Bonchev–Trinajstić information content (AvgIpc) is 3.00. The molecule has 1 fully saturated rings. The van der Waals surface area contributed by atoms with E-state index >= 15 is 0 Å². The fourth-order valence-corrected chi connectivity index (χ4v) is 4.11. The molecule has 0 aliphatic carbocycles. The molecule has 1 saturated heterocycles. The average molecular weight is 400 g/mol. The van der Waals surface area contributed by atoms with Crippen molar-refractivity contribution in [1.82, 2.24) is 19.9 Å². The van der Waals surface area contributed by atoms with E-state index in [0.29, 0.717) is 10.8 Å². The number of nitrogens with one attached hydrogen (secondary N) is 1. The van der Waals surface area contributed by atoms with Crippen molar-refractivity contribution < 1.29 is 9.47 Å². The van der Waals surface area contributed by atoms with Gasteiger partial charge in [-0.25, -0.2) is 4.98 Å². The van der Waals surface area contributed by atoms with Crippen LogP contribution < -0.4 is 19.7 Å². The molecule has 0 spiro atoms. The summed E-state index contributed by atoms with van der Waals surface area (Å²) < 4.78 is 13.5. The van der Waals surface area contributed by atoms with Gasteiger partial charge in [-0.2, -0.15) is 9.61 Å². The second kappa shape index (κ2) is 7.14. The Morgan fingerprint density at radius 3 is 2.86 bits per heavy atom. The SMILES string of the molecule is COc1cc(Cl)ccc1OC1CN(c2c3c(nc4ccnn24)CCNCC3)C1. The van der Waals surface area contributed by atoms with Crippen LogP contribution in [-0.2, 0) is 12.8 Å². The third-order valence-corrected chi connectivity index (χ3v) is 5.58. The predicted octanol–water partition coefficient (Wildman–Crippen LogP) is 2.35. The topological polar surface area (TPSA) is 63.9 Å². The van der Waals surface area contributed by atoms with Crippen LogP contribution in [0.25, 0.3) is 5.65 Å². The molecule has 0 saturated carbocycles. The van der Waals surface area contributed by atoms with Gasteiger partial charge >= 0.3 is 0 Å². The molecule has 3 aromatic rings. The maximum absolute atomic E-state index is 6.16. The second-order valence-corrected chi connectivity index (χ2v) is 7.59. The molecular formula is C20H22ClN5O2. The summed E-state index contributed by atoms with van der Waals surface area (Å²) in [5, 5.41) is 8.62. The van der Waals surface area contributed by atoms with E-state index in [1.165, 1.54) is 11.3 Å². The molecule has 0 amide bonds. The summed E-state index contributed by atoms with van der Waals surface area (Å²) >= 11 is 6.04. The van der Waals surface area contributed by atoms with Crippen molar-refractivity contribution in [2.24, 2.45) is 0 Å². The molecule has 1 N–H and O–H groups in total. The van der Waals surface area contributed by atoms with E-state index in [1.54, 1.807) is 13.2 Å². The van der Waals surface area contributed by atoms with Crippen LogP contribution in [0.5, 0.6) is 11.5 Å². The second-order valence-electron chi connectivity index (χ2n) is 7.15. The van der Waals surface area contributed by atoms with Gasteiger partial charge in [-0.05, 0) is 25.1 Å². The van der Waals surface area contributed by atoms with Gasteiger partial charge in [0.1, 0.15) is 11.9 Å². The van der Waals surface area contributed by atoms with Gasteiger partial charge in [-0.1, -0.05) is 11.6 Å². The van der Waals surface area contributed by atoms with Crippen molar-refractivity contribution in [2.45, 2.75) is 18.9 Å². The molecule has 28 heavy (non-hydrogen) atoms. The van der Waals surface area contributed by atoms with Gasteiger partial charge in [0.05, 0.1) is 32.1 Å². The Balaban J connectivity index is 1.40. The van der Waals surface area contributed by atoms with Crippen LogP contribution in [0, 0.1) is 0 Å². The van der Waals surface area contributed by atoms with Crippen LogP contribution in [0.1, 0.15) is 11.3 Å². The minimum atomic E-state index is 0.0911. The van der Waals surface area contributed by atoms with Crippen LogP contribution in [0.4, 0.5) is 5.82 Å². The first-order chi connectivity index (χ1) is 13.7. The first-order valence-electron chi connectivity index (χ1n) is 9.54. The summed E-state index contributed by atoms with van der Waals surface area (Å²) in [7, 11) is 1.63. The van der Waals surface area contributed by atoms with E-state index in [-0.39, 0.29) is 6.10 Å². The molecule has 0 unspecified atom stereocenters. The minimum Gasteiger partial charge on any atom is -0.493 e. The fraction of sp³-hybridized carbons (Fsp3) is 0.400. The Morgan fingerprint density at radius 1 is 1.14 bits per heavy atom. The molecule has 2 aliphatic heterocycles. The highest BCUT2D eigenvalue weighted by Gasteiger charge is 2.34. The number of rotatable bonds is 4. The minimum absolute atomic E-state index is 0.0911. The molecule has 5 rings (SSSR count). The molecular weight excluding hydrogens is 378 g/mol. The maximum atomic E-state index is 6.16. The van der Waals surface area contributed by atoms with Crippen LogP contribution in [0.3, 0.4) is 0 Å². The molecule has 8 heteroatoms. The summed E-state index contributed by atoms with van der Waals surface area (Å²) in [6, 6.07) is 7.42. The number of nitrogens with zero attached hydrogens (tertiary/aromatic N) is 4. The van der Waals surface area contributed by atoms with Crippen molar-refractivity contribution >= 4 is 23.1 Å². The van der Waals surface area contributed by atoms with E-state index < -0.39 is 0 Å². The standard InChI is InChI=1S/C20H22ClN5O2/c1-27-18-10-13(21)2-3-17(18)28-14-11-25(12-14)20-15-4-7-22-8-5-16(15)24-19-6-9-23-26(19)20/h2-3,6,9-10,14,22H,4-5,7-8,11-12H2,1H3. The number of fused-ring (bicyclic) bond motifs is 2. The summed E-state index contributed by atoms with van der Waals surface area (Å²) in [6.07, 6.45) is 3.81. The molecule has 2 aliphatic rings. The zero-order valence-corrected chi connectivity index (χ0v) is 16.4. The van der Waals surface area contributed by atoms with Crippen LogP contribution in [0.2, 0.25) is 5.02 Å². The number of hydrogen-bond donors (Lipinski definition) is 1. The van der Waals surface area contributed by atoms with Gasteiger partial charge in [-0.3, -0.25) is 0 Å². The molecule has 0 bridgehead atoms. The molecule has 4 heterocycles. The highest BCUT2D eigenvalue weighted by atomic mass is 35.5. The molecule has 2 aromatic heterocycles. The van der Waals surface area contributed by atoms with Crippen LogP contribution in [-0.4, -0.2) is 54.0 Å². The number of anilines is 1. The van der Waals surface area contributed by atoms with E-state index in [2.05, 4.69) is 15.3 Å². The molecule has 7 nitrogen and oxygen atoms in total. The first kappa shape index (κ1) is 17.6. The number of ether oxygens (including phenoxy) is 2. The predicted molar refractivity (Wildman–Crippen MR) is 108 cm³/mol. The van der Waals surface area contributed by atoms with E-state index in [4.69, 9.17) is 26.1 Å². The lowest BCUT2D eigenvalue weighted by Gasteiger charge is -2.41. The zero-order valence-electron chi connectivity index (χ0n) is 15.7. The lowest BCUT2D eigenvalue weighted by Crippen LogP contribution is -2.55. The van der Waals surface area contributed by atoms with E-state index in [9.17, 15) is 0 Å². The largest absolute Gasteiger partial charge is 0.493 e. The van der Waals surface area contributed by atoms with Gasteiger partial charge in [0.2, 0.25) is 0 Å². The quantitative estimate of drug-likeness (QED) is 0.726. The monoisotopic (exact) mass is 399 g/mol. The number of benzene rings is 1. The Hall–Kier alpha value is -2.51. The first-order valence-corrected chi connectivity index (χ1v) is 9.92. The van der Waals surface area contributed by atoms with Gasteiger partial charge in [0.15, 0.2) is 17.1 Å². The Kier molecular flexibility index (Phi) is 4.49. The summed E-state index contributed by atoms with van der Waals surface area (Å²) in [5.41, 5.74) is 3.37. The van der Waals surface area contributed by atoms with Crippen molar-refractivity contribution in [3.8, 4) is 11.5 Å². The number of aromatic nitrogens is 3. The van der Waals surface area contributed by atoms with Crippen molar-refractivity contribution in [2.75, 3.05) is 38.2 Å². The van der Waals surface area contributed by atoms with Crippen molar-refractivity contribution in [3.63, 3.8) is 0 Å². The van der Waals surface area contributed by atoms with E-state index in [1.807, 2.05) is 28.9 Å². The third kappa shape index (κ3) is 3.04. The van der Waals surface area contributed by atoms with Crippen molar-refractivity contribution in [3.05, 3.63) is 46.7 Å². The van der Waals surface area contributed by atoms with Gasteiger partial charge in [0, 0.05) is 35.7 Å². The Labute approximate surface area is 168 Å². The highest BCUT2D eigenvalue weighted by Crippen LogP contribution is 2.34. The van der Waals surface area contributed by atoms with Crippen molar-refractivity contribution in [1.29, 1.82) is 0 Å². The highest BCUT2D eigenvalue weighted by molar-refractivity contribution is 6.30. The van der Waals surface area contributed by atoms with Crippen LogP contribution >= 0.6 is 11.6 Å². The molecule has 1 aromatic carbocycles. The number of methoxy groups -OCH3 is 1.